The Morgan fingerprint density at radius 1 is 1.47 bits per heavy atom. The van der Waals surface area contributed by atoms with E-state index in [9.17, 15) is 9.90 Å². The second-order valence-electron chi connectivity index (χ2n) is 4.34. The number of carbonyl (C=O) groups excluding carboxylic acids is 1. The zero-order chi connectivity index (χ0) is 14.4. The molecule has 2 N–H and O–H groups in total. The number of carbonyl (C=O) groups is 1. The van der Waals surface area contributed by atoms with Crippen LogP contribution in [-0.2, 0) is 4.74 Å². The molecule has 0 saturated carbocycles. The molecular formula is C13H17Cl2NO3. The van der Waals surface area contributed by atoms with Crippen molar-refractivity contribution >= 4 is 34.9 Å². The Morgan fingerprint density at radius 2 is 2.16 bits per heavy atom. The van der Waals surface area contributed by atoms with Gasteiger partial charge >= 0.3 is 5.97 Å². The van der Waals surface area contributed by atoms with Gasteiger partial charge in [0.2, 0.25) is 0 Å². The number of benzene rings is 1. The third kappa shape index (κ3) is 5.27. The minimum atomic E-state index is -0.650. The highest BCUT2D eigenvalue weighted by molar-refractivity contribution is 6.33. The monoisotopic (exact) mass is 305 g/mol. The van der Waals surface area contributed by atoms with E-state index in [0.717, 1.165) is 0 Å². The first-order valence-corrected chi connectivity index (χ1v) is 6.83. The lowest BCUT2D eigenvalue weighted by molar-refractivity contribution is 0.0378. The Labute approximate surface area is 122 Å². The highest BCUT2D eigenvalue weighted by atomic mass is 35.5. The van der Waals surface area contributed by atoms with Gasteiger partial charge in [0.15, 0.2) is 0 Å². The van der Waals surface area contributed by atoms with Gasteiger partial charge < -0.3 is 15.2 Å². The molecule has 0 heterocycles. The number of esters is 1. The van der Waals surface area contributed by atoms with Crippen molar-refractivity contribution in [3.05, 3.63) is 28.8 Å². The Balaban J connectivity index is 2.79. The standard InChI is InChI=1S/C13H17Cl2NO3/c1-8(2)19-13(18)11-5-9(3-4-12(11)15)16-7-10(17)6-14/h3-5,8,10,16-17H,6-7H2,1-2H3. The van der Waals surface area contributed by atoms with Crippen LogP contribution in [0.25, 0.3) is 0 Å². The fourth-order valence-corrected chi connectivity index (χ4v) is 1.66. The summed E-state index contributed by atoms with van der Waals surface area (Å²) in [7, 11) is 0. The van der Waals surface area contributed by atoms with E-state index in [0.29, 0.717) is 22.8 Å². The van der Waals surface area contributed by atoms with Crippen molar-refractivity contribution < 1.29 is 14.6 Å². The van der Waals surface area contributed by atoms with Crippen LogP contribution in [0, 0.1) is 0 Å². The number of aliphatic hydroxyl groups excluding tert-OH is 1. The van der Waals surface area contributed by atoms with Crippen molar-refractivity contribution in [2.45, 2.75) is 26.1 Å². The molecule has 0 aliphatic carbocycles. The molecule has 1 atom stereocenters. The van der Waals surface area contributed by atoms with Gasteiger partial charge in [-0.05, 0) is 32.0 Å². The molecule has 6 heteroatoms. The van der Waals surface area contributed by atoms with Gasteiger partial charge in [-0.3, -0.25) is 0 Å². The van der Waals surface area contributed by atoms with Crippen molar-refractivity contribution in [2.75, 3.05) is 17.7 Å². The van der Waals surface area contributed by atoms with Crippen molar-refractivity contribution in [1.29, 1.82) is 0 Å². The third-order valence-corrected chi connectivity index (χ3v) is 2.93. The molecule has 4 nitrogen and oxygen atoms in total. The number of hydrogen-bond donors (Lipinski definition) is 2. The van der Waals surface area contributed by atoms with Gasteiger partial charge in [0, 0.05) is 12.2 Å². The summed E-state index contributed by atoms with van der Waals surface area (Å²) in [6.45, 7) is 3.83. The first kappa shape index (κ1) is 16.1. The molecule has 1 rings (SSSR count). The van der Waals surface area contributed by atoms with Crippen LogP contribution in [0.5, 0.6) is 0 Å². The average Bonchev–Trinajstić information content (AvgIpc) is 2.36. The maximum Gasteiger partial charge on any atom is 0.339 e. The molecule has 0 aromatic heterocycles. The highest BCUT2D eigenvalue weighted by Gasteiger charge is 2.14. The molecule has 0 amide bonds. The number of rotatable bonds is 6. The summed E-state index contributed by atoms with van der Waals surface area (Å²) in [5.74, 6) is -0.329. The second-order valence-corrected chi connectivity index (χ2v) is 5.05. The quantitative estimate of drug-likeness (QED) is 0.627. The summed E-state index contributed by atoms with van der Waals surface area (Å²) >= 11 is 11.5. The number of aliphatic hydroxyl groups is 1. The molecule has 0 saturated heterocycles. The molecule has 0 spiro atoms. The van der Waals surface area contributed by atoms with Gasteiger partial charge in [-0.1, -0.05) is 11.6 Å². The molecular weight excluding hydrogens is 289 g/mol. The van der Waals surface area contributed by atoms with E-state index >= 15 is 0 Å². The Kier molecular flexibility index (Phi) is 6.42. The molecule has 1 aromatic rings. The van der Waals surface area contributed by atoms with Crippen LogP contribution in [-0.4, -0.2) is 35.7 Å². The Morgan fingerprint density at radius 3 is 2.74 bits per heavy atom. The van der Waals surface area contributed by atoms with E-state index in [-0.39, 0.29) is 12.0 Å². The van der Waals surface area contributed by atoms with Crippen LogP contribution in [0.1, 0.15) is 24.2 Å². The molecule has 0 bridgehead atoms. The van der Waals surface area contributed by atoms with Crippen LogP contribution in [0.4, 0.5) is 5.69 Å². The highest BCUT2D eigenvalue weighted by Crippen LogP contribution is 2.22. The summed E-state index contributed by atoms with van der Waals surface area (Å²) in [6.07, 6.45) is -0.860. The van der Waals surface area contributed by atoms with E-state index in [1.54, 1.807) is 32.0 Å². The topological polar surface area (TPSA) is 58.6 Å². The van der Waals surface area contributed by atoms with Gasteiger partial charge in [-0.2, -0.15) is 0 Å². The lowest BCUT2D eigenvalue weighted by Crippen LogP contribution is -2.21. The second kappa shape index (κ2) is 7.58. The van der Waals surface area contributed by atoms with Crippen LogP contribution in [0.3, 0.4) is 0 Å². The summed E-state index contributed by atoms with van der Waals surface area (Å²) < 4.78 is 5.10. The minimum absolute atomic E-state index is 0.142. The van der Waals surface area contributed by atoms with Crippen molar-refractivity contribution in [3.8, 4) is 0 Å². The number of anilines is 1. The van der Waals surface area contributed by atoms with Gasteiger partial charge in [0.1, 0.15) is 0 Å². The van der Waals surface area contributed by atoms with Gasteiger partial charge in [0.25, 0.3) is 0 Å². The number of nitrogens with one attached hydrogen (secondary N) is 1. The van der Waals surface area contributed by atoms with Crippen LogP contribution in [0.2, 0.25) is 5.02 Å². The lowest BCUT2D eigenvalue weighted by atomic mass is 10.2. The molecule has 0 aliphatic heterocycles. The van der Waals surface area contributed by atoms with Crippen molar-refractivity contribution in [3.63, 3.8) is 0 Å². The SMILES string of the molecule is CC(C)OC(=O)c1cc(NCC(O)CCl)ccc1Cl. The maximum absolute atomic E-state index is 11.8. The van der Waals surface area contributed by atoms with E-state index in [4.69, 9.17) is 27.9 Å². The van der Waals surface area contributed by atoms with Crippen LogP contribution < -0.4 is 5.32 Å². The first-order chi connectivity index (χ1) is 8.93. The Bertz CT molecular complexity index is 438. The van der Waals surface area contributed by atoms with Gasteiger partial charge in [-0.15, -0.1) is 11.6 Å². The number of halogens is 2. The lowest BCUT2D eigenvalue weighted by Gasteiger charge is -2.13. The summed E-state index contributed by atoms with van der Waals surface area (Å²) in [5, 5.41) is 12.7. The van der Waals surface area contributed by atoms with Crippen molar-refractivity contribution in [2.24, 2.45) is 0 Å². The first-order valence-electron chi connectivity index (χ1n) is 5.92. The fourth-order valence-electron chi connectivity index (χ4n) is 1.36. The number of hydrogen-bond acceptors (Lipinski definition) is 4. The Hall–Kier alpha value is -0.970. The average molecular weight is 306 g/mol. The summed E-state index contributed by atoms with van der Waals surface area (Å²) in [4.78, 5) is 11.8. The van der Waals surface area contributed by atoms with E-state index in [1.165, 1.54) is 0 Å². The van der Waals surface area contributed by atoms with E-state index < -0.39 is 12.1 Å². The normalized spacial score (nSPS) is 12.3. The molecule has 1 unspecified atom stereocenters. The predicted molar refractivity (Wildman–Crippen MR) is 77.2 cm³/mol. The number of alkyl halides is 1. The molecule has 0 fully saturated rings. The maximum atomic E-state index is 11.8. The molecule has 1 aromatic carbocycles. The zero-order valence-electron chi connectivity index (χ0n) is 10.8. The smallest absolute Gasteiger partial charge is 0.339 e. The molecule has 106 valence electrons. The van der Waals surface area contributed by atoms with E-state index in [2.05, 4.69) is 5.32 Å². The van der Waals surface area contributed by atoms with Crippen LogP contribution >= 0.6 is 23.2 Å². The van der Waals surface area contributed by atoms with Gasteiger partial charge in [0.05, 0.1) is 28.7 Å². The molecule has 0 aliphatic rings. The predicted octanol–water partition coefficient (Wildman–Crippen LogP) is 2.92. The van der Waals surface area contributed by atoms with Crippen molar-refractivity contribution in [1.82, 2.24) is 0 Å². The summed E-state index contributed by atoms with van der Waals surface area (Å²) in [5.41, 5.74) is 0.963. The molecule has 0 radical (unpaired) electrons. The zero-order valence-corrected chi connectivity index (χ0v) is 12.3. The largest absolute Gasteiger partial charge is 0.459 e. The summed E-state index contributed by atoms with van der Waals surface area (Å²) in [6, 6.07) is 4.91. The third-order valence-electron chi connectivity index (χ3n) is 2.25. The van der Waals surface area contributed by atoms with E-state index in [1.807, 2.05) is 0 Å². The van der Waals surface area contributed by atoms with Crippen LogP contribution in [0.15, 0.2) is 18.2 Å². The fraction of sp³-hybridized carbons (Fsp3) is 0.462. The van der Waals surface area contributed by atoms with Gasteiger partial charge in [-0.25, -0.2) is 4.79 Å². The number of ether oxygens (including phenoxy) is 1. The molecule has 19 heavy (non-hydrogen) atoms. The minimum Gasteiger partial charge on any atom is -0.459 e.